The average Bonchev–Trinajstić information content (AvgIpc) is 3.49. The molecule has 0 N–H and O–H groups in total. The summed E-state index contributed by atoms with van der Waals surface area (Å²) in [5, 5.41) is 4.21. The maximum absolute atomic E-state index is 6.26. The van der Waals surface area contributed by atoms with Crippen molar-refractivity contribution in [3.05, 3.63) is 72.8 Å². The molecule has 0 aliphatic carbocycles. The molecule has 0 saturated carbocycles. The van der Waals surface area contributed by atoms with Crippen LogP contribution < -0.4 is 5.46 Å². The average molecular weight is 461 g/mol. The normalized spacial score (nSPS) is 17.3. The summed E-state index contributed by atoms with van der Waals surface area (Å²) in [4.78, 5) is 4.95. The Balaban J connectivity index is 1.38. The van der Waals surface area contributed by atoms with Gasteiger partial charge in [0.15, 0.2) is 5.58 Å². The molecule has 1 saturated heterocycles. The summed E-state index contributed by atoms with van der Waals surface area (Å²) in [6, 6.07) is 24.4. The van der Waals surface area contributed by atoms with E-state index in [0.29, 0.717) is 5.89 Å². The summed E-state index contributed by atoms with van der Waals surface area (Å²) in [6.07, 6.45) is 0. The van der Waals surface area contributed by atoms with E-state index in [-0.39, 0.29) is 0 Å². The maximum atomic E-state index is 6.26. The number of hydrogen-bond donors (Lipinski definition) is 0. The van der Waals surface area contributed by atoms with Gasteiger partial charge >= 0.3 is 7.12 Å². The van der Waals surface area contributed by atoms with Gasteiger partial charge < -0.3 is 18.1 Å². The fourth-order valence-corrected chi connectivity index (χ4v) is 4.92. The van der Waals surface area contributed by atoms with Gasteiger partial charge in [0.05, 0.1) is 16.6 Å². The lowest BCUT2D eigenvalue weighted by atomic mass is 9.79. The molecular weight excluding hydrogens is 437 g/mol. The van der Waals surface area contributed by atoms with Crippen LogP contribution in [0.1, 0.15) is 27.7 Å². The van der Waals surface area contributed by atoms with Crippen molar-refractivity contribution in [3.8, 4) is 11.5 Å². The third-order valence-electron chi connectivity index (χ3n) is 7.56. The number of fused-ring (bicyclic) bond motifs is 6. The third kappa shape index (κ3) is 3.00. The van der Waals surface area contributed by atoms with Crippen LogP contribution in [0.5, 0.6) is 0 Å². The van der Waals surface area contributed by atoms with Crippen LogP contribution >= 0.6 is 0 Å². The molecule has 3 heterocycles. The van der Waals surface area contributed by atoms with Crippen LogP contribution in [0.2, 0.25) is 0 Å². The molecule has 172 valence electrons. The molecule has 7 rings (SSSR count). The van der Waals surface area contributed by atoms with Gasteiger partial charge in [0, 0.05) is 10.9 Å². The zero-order valence-electron chi connectivity index (χ0n) is 20.1. The Bertz CT molecular complexity index is 1760. The van der Waals surface area contributed by atoms with E-state index in [4.69, 9.17) is 23.1 Å². The highest BCUT2D eigenvalue weighted by atomic mass is 16.7. The van der Waals surface area contributed by atoms with Crippen LogP contribution in [0.15, 0.2) is 81.6 Å². The summed E-state index contributed by atoms with van der Waals surface area (Å²) in [6.45, 7) is 8.23. The minimum absolute atomic E-state index is 0.397. The quantitative estimate of drug-likeness (QED) is 0.264. The molecule has 0 spiro atoms. The van der Waals surface area contributed by atoms with Gasteiger partial charge in [-0.15, -0.1) is 0 Å². The predicted octanol–water partition coefficient (Wildman–Crippen LogP) is 6.85. The van der Waals surface area contributed by atoms with Crippen molar-refractivity contribution in [3.63, 3.8) is 0 Å². The second-order valence-corrected chi connectivity index (χ2v) is 10.3. The zero-order chi connectivity index (χ0) is 23.9. The molecule has 1 aliphatic heterocycles. The Morgan fingerprint density at radius 2 is 1.43 bits per heavy atom. The SMILES string of the molecule is CC1(C)OB(c2ccc3c(c2)oc2ccc4oc(-c5cccc6ccccc56)nc4c23)OC1(C)C. The number of furan rings is 1. The molecule has 5 nitrogen and oxygen atoms in total. The number of benzene rings is 4. The van der Waals surface area contributed by atoms with E-state index in [1.54, 1.807) is 0 Å². The molecule has 0 radical (unpaired) electrons. The summed E-state index contributed by atoms with van der Waals surface area (Å²) < 4.78 is 25.0. The number of rotatable bonds is 2. The fraction of sp³-hybridized carbons (Fsp3) is 0.207. The van der Waals surface area contributed by atoms with E-state index >= 15 is 0 Å². The molecule has 0 amide bonds. The lowest BCUT2D eigenvalue weighted by Crippen LogP contribution is -2.41. The van der Waals surface area contributed by atoms with Gasteiger partial charge in [-0.3, -0.25) is 0 Å². The Hall–Kier alpha value is -3.61. The first-order valence-corrected chi connectivity index (χ1v) is 11.9. The van der Waals surface area contributed by atoms with Gasteiger partial charge in [-0.05, 0) is 68.2 Å². The standard InChI is InChI=1S/C29H24BNO4/c1-28(2)29(3,4)35-30(34-28)18-12-13-21-24(16-18)32-22-14-15-23-26(25(21)22)31-27(33-23)20-11-7-9-17-8-5-6-10-19(17)20/h5-16H,1-4H3. The van der Waals surface area contributed by atoms with Gasteiger partial charge in [-0.1, -0.05) is 48.5 Å². The second-order valence-electron chi connectivity index (χ2n) is 10.3. The lowest BCUT2D eigenvalue weighted by molar-refractivity contribution is 0.00578. The van der Waals surface area contributed by atoms with Crippen molar-refractivity contribution in [1.82, 2.24) is 4.98 Å². The van der Waals surface area contributed by atoms with Gasteiger partial charge in [0.1, 0.15) is 16.7 Å². The smallest absolute Gasteiger partial charge is 0.456 e. The van der Waals surface area contributed by atoms with Crippen LogP contribution in [-0.4, -0.2) is 23.3 Å². The molecule has 1 fully saturated rings. The van der Waals surface area contributed by atoms with E-state index < -0.39 is 18.3 Å². The van der Waals surface area contributed by atoms with Crippen LogP contribution in [0.3, 0.4) is 0 Å². The molecule has 6 heteroatoms. The van der Waals surface area contributed by atoms with Gasteiger partial charge in [-0.2, -0.15) is 0 Å². The molecule has 35 heavy (non-hydrogen) atoms. The number of oxazole rings is 1. The van der Waals surface area contributed by atoms with Gasteiger partial charge in [0.25, 0.3) is 0 Å². The highest BCUT2D eigenvalue weighted by Crippen LogP contribution is 2.39. The topological polar surface area (TPSA) is 57.6 Å². The Kier molecular flexibility index (Phi) is 4.13. The van der Waals surface area contributed by atoms with E-state index in [0.717, 1.165) is 54.8 Å². The van der Waals surface area contributed by atoms with Crippen LogP contribution in [0.25, 0.3) is 55.3 Å². The molecule has 0 atom stereocenters. The molecule has 4 aromatic carbocycles. The number of hydrogen-bond acceptors (Lipinski definition) is 5. The van der Waals surface area contributed by atoms with E-state index in [1.807, 2.05) is 42.5 Å². The van der Waals surface area contributed by atoms with Gasteiger partial charge in [-0.25, -0.2) is 4.98 Å². The zero-order valence-corrected chi connectivity index (χ0v) is 20.1. The Labute approximate surface area is 202 Å². The number of nitrogens with zero attached hydrogens (tertiary/aromatic N) is 1. The van der Waals surface area contributed by atoms with Crippen molar-refractivity contribution in [2.75, 3.05) is 0 Å². The van der Waals surface area contributed by atoms with Crippen molar-refractivity contribution >= 4 is 56.4 Å². The lowest BCUT2D eigenvalue weighted by Gasteiger charge is -2.32. The molecule has 2 aromatic heterocycles. The Morgan fingerprint density at radius 1 is 0.686 bits per heavy atom. The monoisotopic (exact) mass is 461 g/mol. The molecule has 6 aromatic rings. The van der Waals surface area contributed by atoms with E-state index in [1.165, 1.54) is 0 Å². The third-order valence-corrected chi connectivity index (χ3v) is 7.56. The van der Waals surface area contributed by atoms with E-state index in [9.17, 15) is 0 Å². The first-order chi connectivity index (χ1) is 16.8. The molecular formula is C29H24BNO4. The van der Waals surface area contributed by atoms with Crippen molar-refractivity contribution in [1.29, 1.82) is 0 Å². The highest BCUT2D eigenvalue weighted by Gasteiger charge is 2.51. The first kappa shape index (κ1) is 20.7. The molecule has 0 bridgehead atoms. The minimum Gasteiger partial charge on any atom is -0.456 e. The molecule has 1 aliphatic rings. The van der Waals surface area contributed by atoms with Crippen molar-refractivity contribution in [2.45, 2.75) is 38.9 Å². The maximum Gasteiger partial charge on any atom is 0.494 e. The van der Waals surface area contributed by atoms with Gasteiger partial charge in [0.2, 0.25) is 5.89 Å². The van der Waals surface area contributed by atoms with Crippen molar-refractivity contribution < 1.29 is 18.1 Å². The van der Waals surface area contributed by atoms with Crippen LogP contribution in [0, 0.1) is 0 Å². The molecule has 0 unspecified atom stereocenters. The summed E-state index contributed by atoms with van der Waals surface area (Å²) >= 11 is 0. The minimum atomic E-state index is -0.442. The van der Waals surface area contributed by atoms with Crippen molar-refractivity contribution in [2.24, 2.45) is 0 Å². The first-order valence-electron chi connectivity index (χ1n) is 11.9. The Morgan fingerprint density at radius 3 is 2.26 bits per heavy atom. The second kappa shape index (κ2) is 6.97. The number of aromatic nitrogens is 1. The summed E-state index contributed by atoms with van der Waals surface area (Å²) in [5.74, 6) is 0.604. The predicted molar refractivity (Wildman–Crippen MR) is 140 cm³/mol. The van der Waals surface area contributed by atoms with Crippen LogP contribution in [-0.2, 0) is 9.31 Å². The fourth-order valence-electron chi connectivity index (χ4n) is 4.92. The summed E-state index contributed by atoms with van der Waals surface area (Å²) in [5.41, 5.74) is 4.19. The van der Waals surface area contributed by atoms with E-state index in [2.05, 4.69) is 58.0 Å². The largest absolute Gasteiger partial charge is 0.494 e. The summed E-state index contributed by atoms with van der Waals surface area (Å²) in [7, 11) is -0.442. The van der Waals surface area contributed by atoms with Crippen LogP contribution in [0.4, 0.5) is 0 Å². The highest BCUT2D eigenvalue weighted by molar-refractivity contribution is 6.62.